The number of hydrogen-bond donors (Lipinski definition) is 1. The highest BCUT2D eigenvalue weighted by Gasteiger charge is 2.09. The molecular formula is C13H19N5. The number of aryl methyl sites for hydroxylation is 2. The van der Waals surface area contributed by atoms with Gasteiger partial charge < -0.3 is 5.32 Å². The zero-order chi connectivity index (χ0) is 13.0. The Balaban J connectivity index is 2.40. The lowest BCUT2D eigenvalue weighted by molar-refractivity contribution is 0.789. The summed E-state index contributed by atoms with van der Waals surface area (Å²) < 4.78 is 1.90. The Hall–Kier alpha value is -1.91. The number of anilines is 1. The molecule has 0 unspecified atom stereocenters. The molecule has 96 valence electrons. The molecule has 0 atom stereocenters. The highest BCUT2D eigenvalue weighted by molar-refractivity contribution is 5.44. The SMILES string of the molecule is CCNc1cc(-n2nc(CC)nc2CC)ccn1. The summed E-state index contributed by atoms with van der Waals surface area (Å²) in [6.45, 7) is 7.06. The first-order chi connectivity index (χ1) is 8.78. The Bertz CT molecular complexity index is 518. The molecule has 0 radical (unpaired) electrons. The molecule has 1 N–H and O–H groups in total. The molecule has 2 aromatic rings. The molecule has 0 fully saturated rings. The molecule has 2 heterocycles. The molecule has 0 spiro atoms. The van der Waals surface area contributed by atoms with Crippen LogP contribution in [0.2, 0.25) is 0 Å². The van der Waals surface area contributed by atoms with E-state index in [1.807, 2.05) is 16.8 Å². The van der Waals surface area contributed by atoms with E-state index < -0.39 is 0 Å². The summed E-state index contributed by atoms with van der Waals surface area (Å²) in [5.41, 5.74) is 1.00. The van der Waals surface area contributed by atoms with Crippen LogP contribution in [0, 0.1) is 0 Å². The van der Waals surface area contributed by atoms with Crippen molar-refractivity contribution < 1.29 is 0 Å². The van der Waals surface area contributed by atoms with Crippen LogP contribution < -0.4 is 5.32 Å². The molecule has 5 heteroatoms. The smallest absolute Gasteiger partial charge is 0.151 e. The fraction of sp³-hybridized carbons (Fsp3) is 0.462. The van der Waals surface area contributed by atoms with Gasteiger partial charge in [-0.15, -0.1) is 0 Å². The molecule has 0 saturated carbocycles. The number of hydrogen-bond acceptors (Lipinski definition) is 4. The maximum Gasteiger partial charge on any atom is 0.151 e. The second-order valence-corrected chi connectivity index (χ2v) is 3.99. The lowest BCUT2D eigenvalue weighted by atomic mass is 10.3. The Kier molecular flexibility index (Phi) is 3.92. The van der Waals surface area contributed by atoms with E-state index in [4.69, 9.17) is 0 Å². The first-order valence-electron chi connectivity index (χ1n) is 6.43. The van der Waals surface area contributed by atoms with Gasteiger partial charge in [0.25, 0.3) is 0 Å². The van der Waals surface area contributed by atoms with E-state index in [0.717, 1.165) is 42.5 Å². The second kappa shape index (κ2) is 5.62. The largest absolute Gasteiger partial charge is 0.370 e. The molecule has 0 saturated heterocycles. The number of nitrogens with zero attached hydrogens (tertiary/aromatic N) is 4. The van der Waals surface area contributed by atoms with Gasteiger partial charge in [-0.1, -0.05) is 13.8 Å². The van der Waals surface area contributed by atoms with Crippen LogP contribution in [0.4, 0.5) is 5.82 Å². The van der Waals surface area contributed by atoms with Gasteiger partial charge in [-0.2, -0.15) is 5.10 Å². The van der Waals surface area contributed by atoms with E-state index in [9.17, 15) is 0 Å². The maximum absolute atomic E-state index is 4.52. The molecule has 18 heavy (non-hydrogen) atoms. The lowest BCUT2D eigenvalue weighted by Crippen LogP contribution is -2.05. The minimum atomic E-state index is 0.852. The van der Waals surface area contributed by atoms with Crippen molar-refractivity contribution in [3.05, 3.63) is 30.0 Å². The summed E-state index contributed by atoms with van der Waals surface area (Å²) in [4.78, 5) is 8.77. The van der Waals surface area contributed by atoms with Crippen molar-refractivity contribution in [1.82, 2.24) is 19.7 Å². The average Bonchev–Trinajstić information content (AvgIpc) is 2.83. The topological polar surface area (TPSA) is 55.6 Å². The Morgan fingerprint density at radius 1 is 1.22 bits per heavy atom. The summed E-state index contributed by atoms with van der Waals surface area (Å²) in [6.07, 6.45) is 3.51. The quantitative estimate of drug-likeness (QED) is 0.877. The summed E-state index contributed by atoms with van der Waals surface area (Å²) in [7, 11) is 0. The van der Waals surface area contributed by atoms with Crippen molar-refractivity contribution in [1.29, 1.82) is 0 Å². The van der Waals surface area contributed by atoms with Crippen LogP contribution >= 0.6 is 0 Å². The Morgan fingerprint density at radius 2 is 2.06 bits per heavy atom. The number of aromatic nitrogens is 4. The third kappa shape index (κ3) is 2.50. The molecule has 0 aliphatic carbocycles. The van der Waals surface area contributed by atoms with Crippen LogP contribution in [0.25, 0.3) is 5.69 Å². The Labute approximate surface area is 107 Å². The first-order valence-corrected chi connectivity index (χ1v) is 6.43. The summed E-state index contributed by atoms with van der Waals surface area (Å²) in [5, 5.41) is 7.72. The normalized spacial score (nSPS) is 10.6. The molecule has 0 aliphatic rings. The number of rotatable bonds is 5. The summed E-state index contributed by atoms with van der Waals surface area (Å²) in [6, 6.07) is 3.95. The molecule has 0 aliphatic heterocycles. The number of nitrogens with one attached hydrogen (secondary N) is 1. The fourth-order valence-corrected chi connectivity index (χ4v) is 1.81. The van der Waals surface area contributed by atoms with Gasteiger partial charge in [0.15, 0.2) is 5.82 Å². The number of pyridine rings is 1. The van der Waals surface area contributed by atoms with Crippen molar-refractivity contribution >= 4 is 5.82 Å². The monoisotopic (exact) mass is 245 g/mol. The zero-order valence-corrected chi connectivity index (χ0v) is 11.1. The van der Waals surface area contributed by atoms with Crippen molar-refractivity contribution in [2.24, 2.45) is 0 Å². The molecule has 2 aromatic heterocycles. The van der Waals surface area contributed by atoms with Crippen LogP contribution in [-0.2, 0) is 12.8 Å². The molecule has 0 aromatic carbocycles. The van der Waals surface area contributed by atoms with Crippen LogP contribution in [-0.4, -0.2) is 26.3 Å². The van der Waals surface area contributed by atoms with E-state index >= 15 is 0 Å². The van der Waals surface area contributed by atoms with Gasteiger partial charge >= 0.3 is 0 Å². The van der Waals surface area contributed by atoms with Gasteiger partial charge in [-0.05, 0) is 13.0 Å². The minimum Gasteiger partial charge on any atom is -0.370 e. The lowest BCUT2D eigenvalue weighted by Gasteiger charge is -2.07. The van der Waals surface area contributed by atoms with Crippen LogP contribution in [0.3, 0.4) is 0 Å². The summed E-state index contributed by atoms with van der Waals surface area (Å²) in [5.74, 6) is 2.74. The standard InChI is InChI=1S/C13H19N5/c1-4-11-16-13(5-2)18(17-11)10-7-8-15-12(9-10)14-6-3/h7-9H,4-6H2,1-3H3,(H,14,15). The van der Waals surface area contributed by atoms with Crippen molar-refractivity contribution in [2.45, 2.75) is 33.6 Å². The van der Waals surface area contributed by atoms with E-state index in [1.54, 1.807) is 6.20 Å². The third-order valence-electron chi connectivity index (χ3n) is 2.70. The maximum atomic E-state index is 4.52. The van der Waals surface area contributed by atoms with Gasteiger partial charge in [-0.3, -0.25) is 0 Å². The second-order valence-electron chi connectivity index (χ2n) is 3.99. The average molecular weight is 245 g/mol. The molecule has 2 rings (SSSR count). The summed E-state index contributed by atoms with van der Waals surface area (Å²) >= 11 is 0. The minimum absolute atomic E-state index is 0.852. The molecule has 0 bridgehead atoms. The highest BCUT2D eigenvalue weighted by Crippen LogP contribution is 2.14. The molecule has 5 nitrogen and oxygen atoms in total. The van der Waals surface area contributed by atoms with E-state index in [0.29, 0.717) is 0 Å². The first kappa shape index (κ1) is 12.5. The van der Waals surface area contributed by atoms with Crippen molar-refractivity contribution in [3.8, 4) is 5.69 Å². The Morgan fingerprint density at radius 3 is 2.72 bits per heavy atom. The van der Waals surface area contributed by atoms with Crippen molar-refractivity contribution in [2.75, 3.05) is 11.9 Å². The zero-order valence-electron chi connectivity index (χ0n) is 11.1. The van der Waals surface area contributed by atoms with Gasteiger partial charge in [0.05, 0.1) is 5.69 Å². The molecular weight excluding hydrogens is 226 g/mol. The van der Waals surface area contributed by atoms with Gasteiger partial charge in [-0.25, -0.2) is 14.6 Å². The van der Waals surface area contributed by atoms with Crippen LogP contribution in [0.5, 0.6) is 0 Å². The van der Waals surface area contributed by atoms with E-state index in [-0.39, 0.29) is 0 Å². The van der Waals surface area contributed by atoms with Crippen LogP contribution in [0.1, 0.15) is 32.4 Å². The van der Waals surface area contributed by atoms with Gasteiger partial charge in [0, 0.05) is 31.6 Å². The van der Waals surface area contributed by atoms with Crippen LogP contribution in [0.15, 0.2) is 18.3 Å². The predicted molar refractivity (Wildman–Crippen MR) is 72.1 cm³/mol. The third-order valence-corrected chi connectivity index (χ3v) is 2.70. The van der Waals surface area contributed by atoms with E-state index in [1.165, 1.54) is 0 Å². The molecule has 0 amide bonds. The van der Waals surface area contributed by atoms with Crippen molar-refractivity contribution in [3.63, 3.8) is 0 Å². The van der Waals surface area contributed by atoms with Gasteiger partial charge in [0.1, 0.15) is 11.6 Å². The van der Waals surface area contributed by atoms with Gasteiger partial charge in [0.2, 0.25) is 0 Å². The fourth-order valence-electron chi connectivity index (χ4n) is 1.81. The van der Waals surface area contributed by atoms with E-state index in [2.05, 4.69) is 41.2 Å². The highest BCUT2D eigenvalue weighted by atomic mass is 15.4. The predicted octanol–water partition coefficient (Wildman–Crippen LogP) is 2.22.